The fourth-order valence-electron chi connectivity index (χ4n) is 3.12. The van der Waals surface area contributed by atoms with Crippen LogP contribution in [0.1, 0.15) is 40.9 Å². The van der Waals surface area contributed by atoms with Crippen molar-refractivity contribution in [3.05, 3.63) is 53.5 Å². The third kappa shape index (κ3) is 3.58. The van der Waals surface area contributed by atoms with Crippen LogP contribution >= 0.6 is 0 Å². The van der Waals surface area contributed by atoms with Crippen LogP contribution < -0.4 is 4.90 Å². The molecule has 0 spiro atoms. The highest BCUT2D eigenvalue weighted by molar-refractivity contribution is 5.94. The summed E-state index contributed by atoms with van der Waals surface area (Å²) in [6.07, 6.45) is 5.46. The monoisotopic (exact) mass is 312 g/mol. The summed E-state index contributed by atoms with van der Waals surface area (Å²) >= 11 is 0. The SMILES string of the molecule is Cc1occc1C(=O)N(C)Cc1ccc(N2CCCCC2)cc1. The molecule has 3 rings (SSSR count). The standard InChI is InChI=1S/C19H24N2O2/c1-15-18(10-13-23-15)19(22)20(2)14-16-6-8-17(9-7-16)21-11-4-3-5-12-21/h6-10,13H,3-5,11-12,14H2,1-2H3. The van der Waals surface area contributed by atoms with E-state index in [0.717, 1.165) is 18.7 Å². The molecule has 1 fully saturated rings. The summed E-state index contributed by atoms with van der Waals surface area (Å²) < 4.78 is 5.22. The van der Waals surface area contributed by atoms with E-state index in [4.69, 9.17) is 4.42 Å². The minimum atomic E-state index is -0.00337. The number of hydrogen-bond acceptors (Lipinski definition) is 3. The molecule has 23 heavy (non-hydrogen) atoms. The summed E-state index contributed by atoms with van der Waals surface area (Å²) in [5.41, 5.74) is 3.06. The van der Waals surface area contributed by atoms with E-state index in [1.165, 1.54) is 24.9 Å². The zero-order valence-electron chi connectivity index (χ0n) is 13.9. The maximum Gasteiger partial charge on any atom is 0.257 e. The fourth-order valence-corrected chi connectivity index (χ4v) is 3.12. The smallest absolute Gasteiger partial charge is 0.257 e. The highest BCUT2D eigenvalue weighted by atomic mass is 16.3. The van der Waals surface area contributed by atoms with Crippen molar-refractivity contribution in [3.8, 4) is 0 Å². The van der Waals surface area contributed by atoms with Crippen LogP contribution in [0.25, 0.3) is 0 Å². The van der Waals surface area contributed by atoms with E-state index in [-0.39, 0.29) is 5.91 Å². The number of aryl methyl sites for hydroxylation is 1. The molecule has 0 radical (unpaired) electrons. The number of carbonyl (C=O) groups excluding carboxylic acids is 1. The lowest BCUT2D eigenvalue weighted by atomic mass is 10.1. The number of piperidine rings is 1. The fraction of sp³-hybridized carbons (Fsp3) is 0.421. The largest absolute Gasteiger partial charge is 0.469 e. The van der Waals surface area contributed by atoms with Crippen molar-refractivity contribution in [3.63, 3.8) is 0 Å². The van der Waals surface area contributed by atoms with Crippen LogP contribution in [0.2, 0.25) is 0 Å². The second-order valence-electron chi connectivity index (χ2n) is 6.27. The van der Waals surface area contributed by atoms with Crippen LogP contribution in [0.15, 0.2) is 41.0 Å². The molecular formula is C19H24N2O2. The van der Waals surface area contributed by atoms with Crippen molar-refractivity contribution in [1.29, 1.82) is 0 Å². The first-order valence-electron chi connectivity index (χ1n) is 8.28. The Balaban J connectivity index is 1.63. The lowest BCUT2D eigenvalue weighted by molar-refractivity contribution is 0.0783. The first kappa shape index (κ1) is 15.7. The van der Waals surface area contributed by atoms with Gasteiger partial charge in [-0.25, -0.2) is 0 Å². The molecule has 122 valence electrons. The second kappa shape index (κ2) is 6.90. The number of amides is 1. The number of hydrogen-bond donors (Lipinski definition) is 0. The number of nitrogens with zero attached hydrogens (tertiary/aromatic N) is 2. The second-order valence-corrected chi connectivity index (χ2v) is 6.27. The molecule has 0 aliphatic carbocycles. The molecule has 1 aliphatic heterocycles. The molecule has 1 aromatic heterocycles. The summed E-state index contributed by atoms with van der Waals surface area (Å²) in [6, 6.07) is 10.3. The lowest BCUT2D eigenvalue weighted by Crippen LogP contribution is -2.29. The molecule has 0 atom stereocenters. The molecule has 0 unspecified atom stereocenters. The van der Waals surface area contributed by atoms with Crippen molar-refractivity contribution in [2.45, 2.75) is 32.7 Å². The Hall–Kier alpha value is -2.23. The molecule has 2 heterocycles. The zero-order chi connectivity index (χ0) is 16.2. The average Bonchev–Trinajstić information content (AvgIpc) is 3.01. The van der Waals surface area contributed by atoms with Gasteiger partial charge in [0.05, 0.1) is 11.8 Å². The van der Waals surface area contributed by atoms with Gasteiger partial charge in [-0.05, 0) is 49.9 Å². The topological polar surface area (TPSA) is 36.7 Å². The first-order valence-corrected chi connectivity index (χ1v) is 8.28. The Labute approximate surface area is 137 Å². The lowest BCUT2D eigenvalue weighted by Gasteiger charge is -2.29. The van der Waals surface area contributed by atoms with Gasteiger partial charge >= 0.3 is 0 Å². The Morgan fingerprint density at radius 2 is 1.83 bits per heavy atom. The van der Waals surface area contributed by atoms with Crippen molar-refractivity contribution < 1.29 is 9.21 Å². The summed E-state index contributed by atoms with van der Waals surface area (Å²) in [5, 5.41) is 0. The van der Waals surface area contributed by atoms with Gasteiger partial charge in [-0.3, -0.25) is 4.79 Å². The van der Waals surface area contributed by atoms with Crippen LogP contribution in [0.3, 0.4) is 0 Å². The van der Waals surface area contributed by atoms with E-state index >= 15 is 0 Å². The van der Waals surface area contributed by atoms with Crippen LogP contribution in [0.4, 0.5) is 5.69 Å². The van der Waals surface area contributed by atoms with E-state index < -0.39 is 0 Å². The Morgan fingerprint density at radius 1 is 1.13 bits per heavy atom. The van der Waals surface area contributed by atoms with Crippen molar-refractivity contribution in [2.24, 2.45) is 0 Å². The van der Waals surface area contributed by atoms with Gasteiger partial charge in [-0.2, -0.15) is 0 Å². The van der Waals surface area contributed by atoms with E-state index in [0.29, 0.717) is 17.9 Å². The van der Waals surface area contributed by atoms with Crippen LogP contribution in [-0.2, 0) is 6.54 Å². The molecule has 4 heteroatoms. The van der Waals surface area contributed by atoms with Gasteiger partial charge in [-0.1, -0.05) is 12.1 Å². The summed E-state index contributed by atoms with van der Waals surface area (Å²) in [6.45, 7) is 4.72. The maximum atomic E-state index is 12.4. The molecule has 1 saturated heterocycles. The molecule has 1 aliphatic rings. The molecule has 2 aromatic rings. The molecule has 0 saturated carbocycles. The minimum Gasteiger partial charge on any atom is -0.469 e. The summed E-state index contributed by atoms with van der Waals surface area (Å²) in [4.78, 5) is 16.6. The maximum absolute atomic E-state index is 12.4. The number of furan rings is 1. The molecule has 4 nitrogen and oxygen atoms in total. The van der Waals surface area contributed by atoms with Crippen molar-refractivity contribution >= 4 is 11.6 Å². The highest BCUT2D eigenvalue weighted by Crippen LogP contribution is 2.21. The molecule has 0 N–H and O–H groups in total. The Morgan fingerprint density at radius 3 is 2.43 bits per heavy atom. The quantitative estimate of drug-likeness (QED) is 0.860. The molecule has 0 bridgehead atoms. The average molecular weight is 312 g/mol. The molecule has 1 aromatic carbocycles. The van der Waals surface area contributed by atoms with Gasteiger partial charge in [0.15, 0.2) is 0 Å². The Kier molecular flexibility index (Phi) is 4.70. The van der Waals surface area contributed by atoms with Gasteiger partial charge < -0.3 is 14.2 Å². The first-order chi connectivity index (χ1) is 11.1. The number of benzene rings is 1. The van der Waals surface area contributed by atoms with Gasteiger partial charge in [0.2, 0.25) is 0 Å². The zero-order valence-corrected chi connectivity index (χ0v) is 13.9. The number of carbonyl (C=O) groups is 1. The predicted octanol–water partition coefficient (Wildman–Crippen LogP) is 3.85. The van der Waals surface area contributed by atoms with Crippen molar-refractivity contribution in [1.82, 2.24) is 4.90 Å². The predicted molar refractivity (Wildman–Crippen MR) is 91.7 cm³/mol. The van der Waals surface area contributed by atoms with Crippen LogP contribution in [0.5, 0.6) is 0 Å². The van der Waals surface area contributed by atoms with Crippen LogP contribution in [0, 0.1) is 6.92 Å². The van der Waals surface area contributed by atoms with Crippen molar-refractivity contribution in [2.75, 3.05) is 25.0 Å². The van der Waals surface area contributed by atoms with Crippen LogP contribution in [-0.4, -0.2) is 30.9 Å². The van der Waals surface area contributed by atoms with Gasteiger partial charge in [-0.15, -0.1) is 0 Å². The van der Waals surface area contributed by atoms with Gasteiger partial charge in [0.1, 0.15) is 5.76 Å². The number of anilines is 1. The third-order valence-electron chi connectivity index (χ3n) is 4.51. The highest BCUT2D eigenvalue weighted by Gasteiger charge is 2.16. The molecule has 1 amide bonds. The van der Waals surface area contributed by atoms with Gasteiger partial charge in [0.25, 0.3) is 5.91 Å². The van der Waals surface area contributed by atoms with E-state index in [1.54, 1.807) is 17.2 Å². The summed E-state index contributed by atoms with van der Waals surface area (Å²) in [7, 11) is 1.83. The van der Waals surface area contributed by atoms with E-state index in [1.807, 2.05) is 14.0 Å². The third-order valence-corrected chi connectivity index (χ3v) is 4.51. The summed E-state index contributed by atoms with van der Waals surface area (Å²) in [5.74, 6) is 0.665. The van der Waals surface area contributed by atoms with Gasteiger partial charge in [0, 0.05) is 32.4 Å². The number of rotatable bonds is 4. The normalized spacial score (nSPS) is 14.8. The van der Waals surface area contributed by atoms with E-state index in [9.17, 15) is 4.79 Å². The Bertz CT molecular complexity index is 654. The van der Waals surface area contributed by atoms with E-state index in [2.05, 4.69) is 29.2 Å². The molecular weight excluding hydrogens is 288 g/mol. The minimum absolute atomic E-state index is 0.00337.